The highest BCUT2D eigenvalue weighted by atomic mass is 32.1. The van der Waals surface area contributed by atoms with E-state index in [-0.39, 0.29) is 5.41 Å². The molecular weight excluding hydrogens is 228 g/mol. The zero-order valence-corrected chi connectivity index (χ0v) is 11.2. The fourth-order valence-electron chi connectivity index (χ4n) is 2.54. The lowest BCUT2D eigenvalue weighted by atomic mass is 9.82. The molecule has 3 rings (SSSR count). The van der Waals surface area contributed by atoms with Crippen LogP contribution in [0.4, 0.5) is 0 Å². The minimum absolute atomic E-state index is 0.279. The molecule has 2 heterocycles. The Labute approximate surface area is 106 Å². The molecule has 0 unspecified atom stereocenters. The van der Waals surface area contributed by atoms with Crippen LogP contribution in [0, 0.1) is 6.92 Å². The van der Waals surface area contributed by atoms with Gasteiger partial charge in [-0.1, -0.05) is 19.1 Å². The summed E-state index contributed by atoms with van der Waals surface area (Å²) in [7, 11) is 0. The predicted molar refractivity (Wildman–Crippen MR) is 73.8 cm³/mol. The van der Waals surface area contributed by atoms with Gasteiger partial charge in [-0.25, -0.2) is 4.98 Å². The van der Waals surface area contributed by atoms with Crippen molar-refractivity contribution in [3.05, 3.63) is 28.8 Å². The van der Waals surface area contributed by atoms with Crippen LogP contribution in [0.25, 0.3) is 10.2 Å². The first-order chi connectivity index (χ1) is 8.19. The first-order valence-corrected chi connectivity index (χ1v) is 7.08. The highest BCUT2D eigenvalue weighted by Gasteiger charge is 2.31. The molecule has 17 heavy (non-hydrogen) atoms. The van der Waals surface area contributed by atoms with E-state index in [0.717, 1.165) is 13.1 Å². The van der Waals surface area contributed by atoms with Crippen LogP contribution >= 0.6 is 11.3 Å². The van der Waals surface area contributed by atoms with Gasteiger partial charge in [-0.3, -0.25) is 0 Å². The number of aromatic nitrogens is 1. The van der Waals surface area contributed by atoms with Crippen molar-refractivity contribution in [2.24, 2.45) is 0 Å². The topological polar surface area (TPSA) is 24.9 Å². The molecule has 2 aromatic rings. The molecule has 0 aliphatic carbocycles. The maximum atomic E-state index is 4.90. The summed E-state index contributed by atoms with van der Waals surface area (Å²) in [5.41, 5.74) is 2.77. The van der Waals surface area contributed by atoms with Gasteiger partial charge in [0.15, 0.2) is 0 Å². The van der Waals surface area contributed by atoms with Gasteiger partial charge in [0.2, 0.25) is 0 Å². The average Bonchev–Trinajstić information content (AvgIpc) is 2.76. The third kappa shape index (κ3) is 1.87. The molecule has 90 valence electrons. The molecule has 1 aromatic heterocycles. The van der Waals surface area contributed by atoms with Crippen molar-refractivity contribution < 1.29 is 0 Å². The monoisotopic (exact) mass is 246 g/mol. The van der Waals surface area contributed by atoms with Gasteiger partial charge in [-0.05, 0) is 44.5 Å². The van der Waals surface area contributed by atoms with Crippen molar-refractivity contribution >= 4 is 21.6 Å². The number of fused-ring (bicyclic) bond motifs is 1. The summed E-state index contributed by atoms with van der Waals surface area (Å²) >= 11 is 1.88. The van der Waals surface area contributed by atoms with Crippen molar-refractivity contribution in [2.75, 3.05) is 13.1 Å². The zero-order valence-electron chi connectivity index (χ0n) is 10.4. The van der Waals surface area contributed by atoms with Gasteiger partial charge in [0.25, 0.3) is 0 Å². The second-order valence-electron chi connectivity index (χ2n) is 5.25. The standard InChI is InChI=1S/C14H18N2S/c1-10-4-3-5-11-12(10)16-13(17-11)14(2)6-8-15-9-7-14/h3-5,15H,6-9H2,1-2H3. The highest BCUT2D eigenvalue weighted by Crippen LogP contribution is 2.38. The molecule has 0 atom stereocenters. The first-order valence-electron chi connectivity index (χ1n) is 6.26. The molecule has 0 spiro atoms. The smallest absolute Gasteiger partial charge is 0.0998 e. The molecule has 0 amide bonds. The van der Waals surface area contributed by atoms with Crippen molar-refractivity contribution in [3.63, 3.8) is 0 Å². The summed E-state index contributed by atoms with van der Waals surface area (Å²) in [6.45, 7) is 6.74. The van der Waals surface area contributed by atoms with Gasteiger partial charge < -0.3 is 5.32 Å². The number of nitrogens with one attached hydrogen (secondary N) is 1. The lowest BCUT2D eigenvalue weighted by molar-refractivity contribution is 0.334. The van der Waals surface area contributed by atoms with Gasteiger partial charge in [0.1, 0.15) is 0 Å². The van der Waals surface area contributed by atoms with Crippen LogP contribution in [0.1, 0.15) is 30.3 Å². The van der Waals surface area contributed by atoms with Gasteiger partial charge in [0, 0.05) is 5.41 Å². The van der Waals surface area contributed by atoms with Crippen molar-refractivity contribution in [1.82, 2.24) is 10.3 Å². The Kier molecular flexibility index (Phi) is 2.68. The fourth-order valence-corrected chi connectivity index (χ4v) is 3.78. The Hall–Kier alpha value is -0.930. The molecule has 1 saturated heterocycles. The van der Waals surface area contributed by atoms with E-state index in [1.807, 2.05) is 11.3 Å². The van der Waals surface area contributed by atoms with E-state index in [1.165, 1.54) is 33.6 Å². The largest absolute Gasteiger partial charge is 0.317 e. The lowest BCUT2D eigenvalue weighted by Crippen LogP contribution is -2.37. The molecule has 1 fully saturated rings. The van der Waals surface area contributed by atoms with E-state index in [4.69, 9.17) is 4.98 Å². The Morgan fingerprint density at radius 1 is 1.29 bits per heavy atom. The molecule has 1 N–H and O–H groups in total. The van der Waals surface area contributed by atoms with Crippen LogP contribution in [-0.2, 0) is 5.41 Å². The van der Waals surface area contributed by atoms with E-state index >= 15 is 0 Å². The zero-order chi connectivity index (χ0) is 11.9. The minimum atomic E-state index is 0.279. The van der Waals surface area contributed by atoms with Crippen LogP contribution in [0.15, 0.2) is 18.2 Å². The Bertz CT molecular complexity index is 538. The van der Waals surface area contributed by atoms with E-state index in [1.54, 1.807) is 0 Å². The summed E-state index contributed by atoms with van der Waals surface area (Å²) in [5, 5.41) is 4.75. The van der Waals surface area contributed by atoms with E-state index in [0.29, 0.717) is 0 Å². The molecule has 1 aliphatic rings. The van der Waals surface area contributed by atoms with Gasteiger partial charge in [-0.15, -0.1) is 11.3 Å². The maximum Gasteiger partial charge on any atom is 0.0998 e. The third-order valence-corrected chi connectivity index (χ3v) is 5.17. The number of rotatable bonds is 1. The number of thiazole rings is 1. The normalized spacial score (nSPS) is 19.6. The van der Waals surface area contributed by atoms with E-state index in [9.17, 15) is 0 Å². The molecule has 1 aliphatic heterocycles. The SMILES string of the molecule is Cc1cccc2sc(C3(C)CCNCC3)nc12. The molecule has 2 nitrogen and oxygen atoms in total. The summed E-state index contributed by atoms with van der Waals surface area (Å²) in [6, 6.07) is 6.47. The number of para-hydroxylation sites is 1. The van der Waals surface area contributed by atoms with Gasteiger partial charge in [-0.2, -0.15) is 0 Å². The third-order valence-electron chi connectivity index (χ3n) is 3.84. The van der Waals surface area contributed by atoms with Crippen LogP contribution < -0.4 is 5.32 Å². The Morgan fingerprint density at radius 3 is 2.76 bits per heavy atom. The summed E-state index contributed by atoms with van der Waals surface area (Å²) in [6.07, 6.45) is 2.40. The van der Waals surface area contributed by atoms with E-state index in [2.05, 4.69) is 37.4 Å². The molecule has 1 aromatic carbocycles. The van der Waals surface area contributed by atoms with Crippen LogP contribution in [-0.4, -0.2) is 18.1 Å². The van der Waals surface area contributed by atoms with Gasteiger partial charge >= 0.3 is 0 Å². The second-order valence-corrected chi connectivity index (χ2v) is 6.28. The highest BCUT2D eigenvalue weighted by molar-refractivity contribution is 7.18. The number of aryl methyl sites for hydroxylation is 1. The summed E-state index contributed by atoms with van der Waals surface area (Å²) in [5.74, 6) is 0. The average molecular weight is 246 g/mol. The van der Waals surface area contributed by atoms with Crippen LogP contribution in [0.2, 0.25) is 0 Å². The fraction of sp³-hybridized carbons (Fsp3) is 0.500. The number of hydrogen-bond acceptors (Lipinski definition) is 3. The molecular formula is C14H18N2S. The Morgan fingerprint density at radius 2 is 2.06 bits per heavy atom. The number of benzene rings is 1. The Balaban J connectivity index is 2.08. The predicted octanol–water partition coefficient (Wildman–Crippen LogP) is 3.25. The number of piperidine rings is 1. The lowest BCUT2D eigenvalue weighted by Gasteiger charge is -2.31. The summed E-state index contributed by atoms with van der Waals surface area (Å²) < 4.78 is 1.33. The quantitative estimate of drug-likeness (QED) is 0.835. The molecule has 0 radical (unpaired) electrons. The summed E-state index contributed by atoms with van der Waals surface area (Å²) in [4.78, 5) is 4.90. The van der Waals surface area contributed by atoms with E-state index < -0.39 is 0 Å². The van der Waals surface area contributed by atoms with Crippen molar-refractivity contribution in [1.29, 1.82) is 0 Å². The molecule has 0 bridgehead atoms. The second kappa shape index (κ2) is 4.07. The van der Waals surface area contributed by atoms with Crippen molar-refractivity contribution in [3.8, 4) is 0 Å². The first kappa shape index (κ1) is 11.2. The number of hydrogen-bond donors (Lipinski definition) is 1. The van der Waals surface area contributed by atoms with Crippen LogP contribution in [0.3, 0.4) is 0 Å². The minimum Gasteiger partial charge on any atom is -0.317 e. The van der Waals surface area contributed by atoms with Crippen LogP contribution in [0.5, 0.6) is 0 Å². The van der Waals surface area contributed by atoms with Gasteiger partial charge in [0.05, 0.1) is 15.2 Å². The van der Waals surface area contributed by atoms with Crippen molar-refractivity contribution in [2.45, 2.75) is 32.1 Å². The number of nitrogens with zero attached hydrogens (tertiary/aromatic N) is 1. The molecule has 3 heteroatoms. The molecule has 0 saturated carbocycles. The maximum absolute atomic E-state index is 4.90.